The minimum Gasteiger partial charge on any atom is -0.385 e. The highest BCUT2D eigenvalue weighted by Crippen LogP contribution is 2.38. The number of rotatable bonds is 6. The third kappa shape index (κ3) is 7.49. The Balaban J connectivity index is 0.000000914. The third-order valence-electron chi connectivity index (χ3n) is 5.89. The summed E-state index contributed by atoms with van der Waals surface area (Å²) in [7, 11) is 0. The van der Waals surface area contributed by atoms with Crippen LogP contribution in [0.15, 0.2) is 109 Å². The van der Waals surface area contributed by atoms with Crippen LogP contribution in [0.5, 0.6) is 0 Å². The first-order chi connectivity index (χ1) is 16.3. The van der Waals surface area contributed by atoms with Crippen molar-refractivity contribution in [1.82, 2.24) is 5.32 Å². The highest BCUT2D eigenvalue weighted by molar-refractivity contribution is 5.77. The number of hydrogen-bond acceptors (Lipinski definition) is 1. The van der Waals surface area contributed by atoms with E-state index in [-0.39, 0.29) is 5.92 Å². The topological polar surface area (TPSA) is 12.0 Å². The molecule has 4 rings (SSSR count). The van der Waals surface area contributed by atoms with E-state index in [0.717, 1.165) is 12.8 Å². The molecule has 33 heavy (non-hydrogen) atoms. The van der Waals surface area contributed by atoms with E-state index in [4.69, 9.17) is 0 Å². The van der Waals surface area contributed by atoms with Crippen molar-refractivity contribution in [2.75, 3.05) is 0 Å². The number of aryl methyl sites for hydroxylation is 1. The monoisotopic (exact) mass is 439 g/mol. The summed E-state index contributed by atoms with van der Waals surface area (Å²) >= 11 is 0. The van der Waals surface area contributed by atoms with Crippen molar-refractivity contribution in [2.45, 2.75) is 65.8 Å². The Labute approximate surface area is 202 Å². The molecule has 0 aromatic heterocycles. The van der Waals surface area contributed by atoms with Crippen LogP contribution >= 0.6 is 0 Å². The van der Waals surface area contributed by atoms with Gasteiger partial charge in [0.2, 0.25) is 0 Å². The van der Waals surface area contributed by atoms with Gasteiger partial charge in [0, 0.05) is 12.0 Å². The summed E-state index contributed by atoms with van der Waals surface area (Å²) in [6.45, 7) is 10.3. The Hall–Kier alpha value is -3.06. The van der Waals surface area contributed by atoms with Crippen LogP contribution in [0.1, 0.15) is 70.1 Å². The third-order valence-corrected chi connectivity index (χ3v) is 5.89. The van der Waals surface area contributed by atoms with Crippen LogP contribution in [0.2, 0.25) is 0 Å². The molecule has 1 N–H and O–H groups in total. The molecule has 0 spiro atoms. The lowest BCUT2D eigenvalue weighted by atomic mass is 9.82. The van der Waals surface area contributed by atoms with Gasteiger partial charge in [-0.1, -0.05) is 125 Å². The van der Waals surface area contributed by atoms with Gasteiger partial charge in [-0.2, -0.15) is 0 Å². The quantitative estimate of drug-likeness (QED) is 0.404. The normalized spacial score (nSPS) is 17.0. The van der Waals surface area contributed by atoms with E-state index in [1.54, 1.807) is 0 Å². The molecule has 3 aromatic carbocycles. The Bertz CT molecular complexity index is 955. The fraction of sp³-hybridized carbons (Fsp3) is 0.312. The highest BCUT2D eigenvalue weighted by Gasteiger charge is 2.24. The minimum absolute atomic E-state index is 0.269. The number of benzene rings is 3. The van der Waals surface area contributed by atoms with Gasteiger partial charge in [-0.25, -0.2) is 0 Å². The summed E-state index contributed by atoms with van der Waals surface area (Å²) < 4.78 is 0. The average molecular weight is 440 g/mol. The Morgan fingerprint density at radius 1 is 0.697 bits per heavy atom. The van der Waals surface area contributed by atoms with Crippen LogP contribution in [-0.2, 0) is 6.42 Å². The van der Waals surface area contributed by atoms with Gasteiger partial charge in [0.15, 0.2) is 0 Å². The summed E-state index contributed by atoms with van der Waals surface area (Å²) in [6, 6.07) is 32.9. The summed E-state index contributed by atoms with van der Waals surface area (Å²) in [5.41, 5.74) is 6.96. The predicted molar refractivity (Wildman–Crippen MR) is 146 cm³/mol. The predicted octanol–water partition coefficient (Wildman–Crippen LogP) is 8.80. The molecule has 1 heteroatoms. The van der Waals surface area contributed by atoms with E-state index in [2.05, 4.69) is 116 Å². The zero-order valence-corrected chi connectivity index (χ0v) is 21.1. The van der Waals surface area contributed by atoms with Crippen molar-refractivity contribution in [3.63, 3.8) is 0 Å². The maximum Gasteiger partial charge on any atom is 0.0471 e. The first kappa shape index (κ1) is 26.2. The lowest BCUT2D eigenvalue weighted by molar-refractivity contribution is 0.583. The van der Waals surface area contributed by atoms with Crippen LogP contribution in [0.4, 0.5) is 0 Å². The first-order valence-electron chi connectivity index (χ1n) is 12.6. The summed E-state index contributed by atoms with van der Waals surface area (Å²) in [5.74, 6) is 0.269. The SMILES string of the molecule is CC.CC.CC1=C(c2ccccc2)C(c2ccccc2)C=CNC1CCCc1ccccc1. The zero-order valence-electron chi connectivity index (χ0n) is 21.1. The molecule has 0 aliphatic carbocycles. The largest absolute Gasteiger partial charge is 0.385 e. The van der Waals surface area contributed by atoms with E-state index in [0.29, 0.717) is 6.04 Å². The highest BCUT2D eigenvalue weighted by atomic mass is 14.9. The smallest absolute Gasteiger partial charge is 0.0471 e. The molecule has 0 bridgehead atoms. The molecule has 1 nitrogen and oxygen atoms in total. The Morgan fingerprint density at radius 2 is 1.24 bits per heavy atom. The lowest BCUT2D eigenvalue weighted by Crippen LogP contribution is -2.25. The average Bonchev–Trinajstić information content (AvgIpc) is 3.07. The second kappa shape index (κ2) is 14.9. The van der Waals surface area contributed by atoms with Crippen LogP contribution in [0.3, 0.4) is 0 Å². The lowest BCUT2D eigenvalue weighted by Gasteiger charge is -2.24. The van der Waals surface area contributed by atoms with E-state index in [9.17, 15) is 0 Å². The van der Waals surface area contributed by atoms with Crippen molar-refractivity contribution in [2.24, 2.45) is 0 Å². The van der Waals surface area contributed by atoms with E-state index in [1.165, 1.54) is 34.3 Å². The minimum atomic E-state index is 0.269. The van der Waals surface area contributed by atoms with Gasteiger partial charge in [0.05, 0.1) is 0 Å². The van der Waals surface area contributed by atoms with Gasteiger partial charge in [-0.05, 0) is 60.2 Å². The van der Waals surface area contributed by atoms with Gasteiger partial charge in [0.1, 0.15) is 0 Å². The van der Waals surface area contributed by atoms with E-state index >= 15 is 0 Å². The van der Waals surface area contributed by atoms with Gasteiger partial charge in [-0.3, -0.25) is 0 Å². The van der Waals surface area contributed by atoms with Crippen LogP contribution in [0, 0.1) is 0 Å². The molecule has 1 aliphatic heterocycles. The van der Waals surface area contributed by atoms with Gasteiger partial charge < -0.3 is 5.32 Å². The van der Waals surface area contributed by atoms with E-state index < -0.39 is 0 Å². The first-order valence-corrected chi connectivity index (χ1v) is 12.6. The Morgan fingerprint density at radius 3 is 1.85 bits per heavy atom. The summed E-state index contributed by atoms with van der Waals surface area (Å²) in [6.07, 6.45) is 7.91. The van der Waals surface area contributed by atoms with Crippen LogP contribution in [-0.4, -0.2) is 6.04 Å². The molecule has 2 atom stereocenters. The molecule has 0 radical (unpaired) electrons. The second-order valence-corrected chi connectivity index (χ2v) is 7.81. The van der Waals surface area contributed by atoms with Crippen molar-refractivity contribution in [3.05, 3.63) is 126 Å². The molecule has 0 amide bonds. The van der Waals surface area contributed by atoms with Gasteiger partial charge in [-0.15, -0.1) is 0 Å². The van der Waals surface area contributed by atoms with Gasteiger partial charge >= 0.3 is 0 Å². The van der Waals surface area contributed by atoms with Crippen molar-refractivity contribution in [3.8, 4) is 0 Å². The fourth-order valence-electron chi connectivity index (χ4n) is 4.34. The fourth-order valence-corrected chi connectivity index (χ4v) is 4.34. The maximum absolute atomic E-state index is 3.68. The molecule has 2 unspecified atom stereocenters. The van der Waals surface area contributed by atoms with Crippen molar-refractivity contribution in [1.29, 1.82) is 0 Å². The molecular formula is C32H41N. The molecule has 1 aliphatic rings. The standard InChI is InChI=1S/C28H29N.2C2H6/c1-22-27(19-11-14-23-12-5-2-6-13-23)29-21-20-26(24-15-7-3-8-16-24)28(22)25-17-9-4-10-18-25;2*1-2/h2-10,12-13,15-18,20-21,26-27,29H,11,14,19H2,1H3;2*1-2H3. The molecule has 174 valence electrons. The molecule has 3 aromatic rings. The number of nitrogens with one attached hydrogen (secondary N) is 1. The van der Waals surface area contributed by atoms with Crippen molar-refractivity contribution >= 4 is 5.57 Å². The van der Waals surface area contributed by atoms with Crippen LogP contribution < -0.4 is 5.32 Å². The molecule has 0 fully saturated rings. The Kier molecular flexibility index (Phi) is 11.8. The maximum atomic E-state index is 3.68. The molecule has 0 saturated heterocycles. The number of hydrogen-bond donors (Lipinski definition) is 1. The van der Waals surface area contributed by atoms with E-state index in [1.807, 2.05) is 27.7 Å². The summed E-state index contributed by atoms with van der Waals surface area (Å²) in [5, 5.41) is 3.68. The molecular weight excluding hydrogens is 398 g/mol. The molecule has 0 saturated carbocycles. The summed E-state index contributed by atoms with van der Waals surface area (Å²) in [4.78, 5) is 0. The molecule has 1 heterocycles. The second-order valence-electron chi connectivity index (χ2n) is 7.81. The number of allylic oxidation sites excluding steroid dienone is 2. The zero-order chi connectivity index (χ0) is 23.9. The van der Waals surface area contributed by atoms with Crippen molar-refractivity contribution < 1.29 is 0 Å². The van der Waals surface area contributed by atoms with Gasteiger partial charge in [0.25, 0.3) is 0 Å². The van der Waals surface area contributed by atoms with Crippen LogP contribution in [0.25, 0.3) is 5.57 Å².